The summed E-state index contributed by atoms with van der Waals surface area (Å²) in [6, 6.07) is 7.45. The average Bonchev–Trinajstić information content (AvgIpc) is 2.96. The molecule has 0 saturated carbocycles. The Kier molecular flexibility index (Phi) is 4.17. The maximum atomic E-state index is 11.8. The molecule has 2 heterocycles. The van der Waals surface area contributed by atoms with Crippen molar-refractivity contribution in [3.05, 3.63) is 45.5 Å². The van der Waals surface area contributed by atoms with Gasteiger partial charge in [0.25, 0.3) is 5.91 Å². The summed E-state index contributed by atoms with van der Waals surface area (Å²) < 4.78 is 10.3. The molecule has 0 saturated heterocycles. The fourth-order valence-corrected chi connectivity index (χ4v) is 2.38. The van der Waals surface area contributed by atoms with Crippen molar-refractivity contribution in [2.24, 2.45) is 0 Å². The molecule has 0 aliphatic heterocycles. The molecular weight excluding hydrogens is 250 g/mol. The van der Waals surface area contributed by atoms with E-state index in [9.17, 15) is 4.79 Å². The van der Waals surface area contributed by atoms with Crippen molar-refractivity contribution < 1.29 is 13.9 Å². The molecule has 4 nitrogen and oxygen atoms in total. The van der Waals surface area contributed by atoms with Gasteiger partial charge in [-0.25, -0.2) is 0 Å². The fourth-order valence-electron chi connectivity index (χ4n) is 1.55. The van der Waals surface area contributed by atoms with Crippen LogP contribution >= 0.6 is 11.3 Å². The largest absolute Gasteiger partial charge is 0.453 e. The molecule has 0 radical (unpaired) electrons. The number of hydrogen-bond acceptors (Lipinski definition) is 4. The lowest BCUT2D eigenvalue weighted by Gasteiger charge is -2.00. The molecule has 1 N–H and O–H groups in total. The molecule has 2 aromatic rings. The second-order valence-corrected chi connectivity index (χ2v) is 5.27. The van der Waals surface area contributed by atoms with E-state index in [1.807, 2.05) is 19.1 Å². The Balaban J connectivity index is 1.90. The average molecular weight is 265 g/mol. The van der Waals surface area contributed by atoms with Crippen molar-refractivity contribution in [2.75, 3.05) is 7.11 Å². The molecule has 2 aromatic heterocycles. The molecular formula is C13H15NO3S. The van der Waals surface area contributed by atoms with Gasteiger partial charge in [-0.2, -0.15) is 0 Å². The van der Waals surface area contributed by atoms with E-state index in [1.165, 1.54) is 4.88 Å². The number of carbonyl (C=O) groups excluding carboxylic acids is 1. The van der Waals surface area contributed by atoms with Gasteiger partial charge < -0.3 is 14.5 Å². The Morgan fingerprint density at radius 3 is 2.89 bits per heavy atom. The molecule has 0 fully saturated rings. The van der Waals surface area contributed by atoms with Gasteiger partial charge >= 0.3 is 0 Å². The highest BCUT2D eigenvalue weighted by Gasteiger charge is 2.11. The Hall–Kier alpha value is -1.59. The minimum Gasteiger partial charge on any atom is -0.453 e. The van der Waals surface area contributed by atoms with Crippen LogP contribution < -0.4 is 5.32 Å². The first-order valence-electron chi connectivity index (χ1n) is 5.60. The van der Waals surface area contributed by atoms with Crippen LogP contribution in [0.5, 0.6) is 0 Å². The van der Waals surface area contributed by atoms with E-state index in [0.29, 0.717) is 24.7 Å². The summed E-state index contributed by atoms with van der Waals surface area (Å²) in [6.45, 7) is 2.94. The maximum Gasteiger partial charge on any atom is 0.287 e. The zero-order valence-corrected chi connectivity index (χ0v) is 11.2. The number of thiophene rings is 1. The number of carbonyl (C=O) groups is 1. The number of ether oxygens (including phenoxy) is 1. The summed E-state index contributed by atoms with van der Waals surface area (Å²) in [5.41, 5.74) is 0. The first-order chi connectivity index (χ1) is 8.69. The van der Waals surface area contributed by atoms with Crippen LogP contribution in [0.4, 0.5) is 0 Å². The number of rotatable bonds is 5. The Morgan fingerprint density at radius 1 is 1.39 bits per heavy atom. The molecule has 0 aliphatic carbocycles. The van der Waals surface area contributed by atoms with Crippen LogP contribution in [0.25, 0.3) is 0 Å². The van der Waals surface area contributed by atoms with Crippen LogP contribution in [-0.4, -0.2) is 13.0 Å². The smallest absolute Gasteiger partial charge is 0.287 e. The highest BCUT2D eigenvalue weighted by molar-refractivity contribution is 7.11. The fraction of sp³-hybridized carbons (Fsp3) is 0.308. The topological polar surface area (TPSA) is 51.5 Å². The molecule has 0 aliphatic rings. The third-order valence-electron chi connectivity index (χ3n) is 2.39. The number of methoxy groups -OCH3 is 1. The molecule has 0 aromatic carbocycles. The predicted octanol–water partition coefficient (Wildman–Crippen LogP) is 2.73. The van der Waals surface area contributed by atoms with Crippen LogP contribution in [-0.2, 0) is 17.9 Å². The van der Waals surface area contributed by atoms with Crippen molar-refractivity contribution in [1.82, 2.24) is 5.32 Å². The summed E-state index contributed by atoms with van der Waals surface area (Å²) in [5.74, 6) is 0.758. The summed E-state index contributed by atoms with van der Waals surface area (Å²) in [5, 5.41) is 2.82. The van der Waals surface area contributed by atoms with Gasteiger partial charge in [0.05, 0.1) is 6.54 Å². The third-order valence-corrected chi connectivity index (χ3v) is 3.39. The molecule has 96 valence electrons. The van der Waals surface area contributed by atoms with Crippen molar-refractivity contribution in [2.45, 2.75) is 20.1 Å². The number of aryl methyl sites for hydroxylation is 1. The molecule has 0 unspecified atom stereocenters. The normalized spacial score (nSPS) is 10.6. The van der Waals surface area contributed by atoms with Gasteiger partial charge in [-0.05, 0) is 31.2 Å². The predicted molar refractivity (Wildman–Crippen MR) is 69.6 cm³/mol. The summed E-state index contributed by atoms with van der Waals surface area (Å²) >= 11 is 1.67. The lowest BCUT2D eigenvalue weighted by atomic mass is 10.4. The van der Waals surface area contributed by atoms with Gasteiger partial charge in [0.1, 0.15) is 12.4 Å². The first kappa shape index (κ1) is 12.9. The zero-order valence-electron chi connectivity index (χ0n) is 10.4. The minimum atomic E-state index is -0.205. The van der Waals surface area contributed by atoms with Gasteiger partial charge in [-0.3, -0.25) is 4.79 Å². The second-order valence-electron chi connectivity index (χ2n) is 3.89. The van der Waals surface area contributed by atoms with Gasteiger partial charge in [-0.15, -0.1) is 11.3 Å². The molecule has 1 amide bonds. The Morgan fingerprint density at radius 2 is 2.22 bits per heavy atom. The quantitative estimate of drug-likeness (QED) is 0.904. The minimum absolute atomic E-state index is 0.205. The standard InChI is InChI=1S/C13H15NO3S/c1-9-3-5-11(18-9)7-14-13(15)12-6-4-10(17-12)8-16-2/h3-6H,7-8H2,1-2H3,(H,14,15). The lowest BCUT2D eigenvalue weighted by Crippen LogP contribution is -2.21. The number of hydrogen-bond donors (Lipinski definition) is 1. The van der Waals surface area contributed by atoms with E-state index in [-0.39, 0.29) is 5.91 Å². The van der Waals surface area contributed by atoms with E-state index in [0.717, 1.165) is 4.88 Å². The highest BCUT2D eigenvalue weighted by Crippen LogP contribution is 2.15. The van der Waals surface area contributed by atoms with Gasteiger partial charge in [0.15, 0.2) is 5.76 Å². The molecule has 0 bridgehead atoms. The second kappa shape index (κ2) is 5.84. The van der Waals surface area contributed by atoms with Crippen LogP contribution in [0.2, 0.25) is 0 Å². The molecule has 0 spiro atoms. The Labute approximate surface area is 110 Å². The number of furan rings is 1. The van der Waals surface area contributed by atoms with E-state index >= 15 is 0 Å². The molecule has 18 heavy (non-hydrogen) atoms. The molecule has 2 rings (SSSR count). The van der Waals surface area contributed by atoms with E-state index < -0.39 is 0 Å². The number of amides is 1. The van der Waals surface area contributed by atoms with E-state index in [4.69, 9.17) is 9.15 Å². The van der Waals surface area contributed by atoms with Crippen molar-refractivity contribution in [3.63, 3.8) is 0 Å². The highest BCUT2D eigenvalue weighted by atomic mass is 32.1. The molecule has 0 atom stereocenters. The van der Waals surface area contributed by atoms with Crippen LogP contribution in [0, 0.1) is 6.92 Å². The van der Waals surface area contributed by atoms with Gasteiger partial charge in [0, 0.05) is 16.9 Å². The SMILES string of the molecule is COCc1ccc(C(=O)NCc2ccc(C)s2)o1. The van der Waals surface area contributed by atoms with Gasteiger partial charge in [0.2, 0.25) is 0 Å². The lowest BCUT2D eigenvalue weighted by molar-refractivity contribution is 0.0915. The van der Waals surface area contributed by atoms with E-state index in [1.54, 1.807) is 30.6 Å². The van der Waals surface area contributed by atoms with Crippen LogP contribution in [0.3, 0.4) is 0 Å². The Bertz CT molecular complexity index is 530. The maximum absolute atomic E-state index is 11.8. The first-order valence-corrected chi connectivity index (χ1v) is 6.42. The van der Waals surface area contributed by atoms with Crippen molar-refractivity contribution in [3.8, 4) is 0 Å². The summed E-state index contributed by atoms with van der Waals surface area (Å²) in [6.07, 6.45) is 0. The van der Waals surface area contributed by atoms with Crippen molar-refractivity contribution in [1.29, 1.82) is 0 Å². The summed E-state index contributed by atoms with van der Waals surface area (Å²) in [4.78, 5) is 14.2. The van der Waals surface area contributed by atoms with E-state index in [2.05, 4.69) is 5.32 Å². The van der Waals surface area contributed by atoms with Crippen molar-refractivity contribution >= 4 is 17.2 Å². The molecule has 5 heteroatoms. The van der Waals surface area contributed by atoms with Crippen LogP contribution in [0.1, 0.15) is 26.1 Å². The monoisotopic (exact) mass is 265 g/mol. The summed E-state index contributed by atoms with van der Waals surface area (Å²) in [7, 11) is 1.58. The van der Waals surface area contributed by atoms with Crippen LogP contribution in [0.15, 0.2) is 28.7 Å². The third kappa shape index (κ3) is 3.21. The zero-order chi connectivity index (χ0) is 13.0. The number of nitrogens with one attached hydrogen (secondary N) is 1. The van der Waals surface area contributed by atoms with Gasteiger partial charge in [-0.1, -0.05) is 0 Å².